The monoisotopic (exact) mass is 266 g/mol. The van der Waals surface area contributed by atoms with Crippen molar-refractivity contribution in [1.82, 2.24) is 5.32 Å². The fourth-order valence-electron chi connectivity index (χ4n) is 1.41. The molecule has 2 amide bonds. The van der Waals surface area contributed by atoms with Crippen LogP contribution < -0.4 is 20.1 Å². The molecule has 104 valence electrons. The van der Waals surface area contributed by atoms with Gasteiger partial charge in [0.25, 0.3) is 0 Å². The Morgan fingerprint density at radius 1 is 1.16 bits per heavy atom. The summed E-state index contributed by atoms with van der Waals surface area (Å²) in [6.45, 7) is 2.37. The van der Waals surface area contributed by atoms with Crippen LogP contribution >= 0.6 is 0 Å². The van der Waals surface area contributed by atoms with Crippen molar-refractivity contribution in [2.24, 2.45) is 0 Å². The van der Waals surface area contributed by atoms with Crippen LogP contribution in [-0.2, 0) is 9.59 Å². The molecule has 0 aliphatic carbocycles. The maximum atomic E-state index is 11.7. The van der Waals surface area contributed by atoms with Crippen LogP contribution in [0.25, 0.3) is 0 Å². The summed E-state index contributed by atoms with van der Waals surface area (Å²) in [6, 6.07) is 4.94. The molecular weight excluding hydrogens is 248 g/mol. The number of hydrogen-bond donors (Lipinski definition) is 2. The fraction of sp³-hybridized carbons (Fsp3) is 0.385. The first-order valence-electron chi connectivity index (χ1n) is 5.93. The van der Waals surface area contributed by atoms with Crippen molar-refractivity contribution in [1.29, 1.82) is 0 Å². The van der Waals surface area contributed by atoms with Crippen LogP contribution in [0, 0.1) is 0 Å². The van der Waals surface area contributed by atoms with Gasteiger partial charge in [0.1, 0.15) is 11.5 Å². The highest BCUT2D eigenvalue weighted by atomic mass is 16.5. The van der Waals surface area contributed by atoms with Crippen molar-refractivity contribution < 1.29 is 19.1 Å². The van der Waals surface area contributed by atoms with E-state index in [1.165, 1.54) is 14.2 Å². The van der Waals surface area contributed by atoms with Crippen LogP contribution in [0.1, 0.15) is 13.3 Å². The summed E-state index contributed by atoms with van der Waals surface area (Å²) in [6.07, 6.45) is 0.765. The first-order chi connectivity index (χ1) is 9.12. The molecular formula is C13H18N2O4. The minimum absolute atomic E-state index is 0.387. The molecule has 0 aliphatic rings. The van der Waals surface area contributed by atoms with E-state index in [2.05, 4.69) is 10.6 Å². The number of ether oxygens (including phenoxy) is 2. The van der Waals surface area contributed by atoms with Crippen LogP contribution in [0.3, 0.4) is 0 Å². The number of methoxy groups -OCH3 is 2. The number of nitrogens with one attached hydrogen (secondary N) is 2. The van der Waals surface area contributed by atoms with E-state index in [1.807, 2.05) is 6.92 Å². The summed E-state index contributed by atoms with van der Waals surface area (Å²) < 4.78 is 10.2. The van der Waals surface area contributed by atoms with E-state index in [1.54, 1.807) is 18.2 Å². The Morgan fingerprint density at radius 2 is 1.89 bits per heavy atom. The van der Waals surface area contributed by atoms with E-state index in [0.717, 1.165) is 6.42 Å². The molecule has 0 radical (unpaired) electrons. The van der Waals surface area contributed by atoms with Gasteiger partial charge in [-0.1, -0.05) is 6.92 Å². The molecule has 19 heavy (non-hydrogen) atoms. The van der Waals surface area contributed by atoms with E-state index >= 15 is 0 Å². The van der Waals surface area contributed by atoms with Gasteiger partial charge in [-0.3, -0.25) is 9.59 Å². The molecule has 0 unspecified atom stereocenters. The molecule has 0 aliphatic heterocycles. The Balaban J connectivity index is 2.79. The third-order valence-electron chi connectivity index (χ3n) is 2.40. The fourth-order valence-corrected chi connectivity index (χ4v) is 1.41. The summed E-state index contributed by atoms with van der Waals surface area (Å²) in [7, 11) is 3.00. The van der Waals surface area contributed by atoms with Crippen LogP contribution in [0.4, 0.5) is 5.69 Å². The smallest absolute Gasteiger partial charge is 0.313 e. The van der Waals surface area contributed by atoms with Crippen molar-refractivity contribution in [3.8, 4) is 11.5 Å². The maximum Gasteiger partial charge on any atom is 0.313 e. The number of amides is 2. The van der Waals surface area contributed by atoms with Crippen LogP contribution in [0.15, 0.2) is 18.2 Å². The zero-order chi connectivity index (χ0) is 14.3. The molecule has 0 bridgehead atoms. The second-order valence-electron chi connectivity index (χ2n) is 3.78. The second-order valence-corrected chi connectivity index (χ2v) is 3.78. The van der Waals surface area contributed by atoms with Crippen molar-refractivity contribution in [3.63, 3.8) is 0 Å². The summed E-state index contributed by atoms with van der Waals surface area (Å²) in [5.74, 6) is -0.394. The zero-order valence-corrected chi connectivity index (χ0v) is 11.3. The first-order valence-corrected chi connectivity index (χ1v) is 5.93. The predicted molar refractivity (Wildman–Crippen MR) is 71.5 cm³/mol. The third kappa shape index (κ3) is 4.17. The molecule has 0 heterocycles. The Bertz CT molecular complexity index is 460. The molecule has 2 N–H and O–H groups in total. The minimum Gasteiger partial charge on any atom is -0.497 e. The van der Waals surface area contributed by atoms with Gasteiger partial charge in [-0.15, -0.1) is 0 Å². The minimum atomic E-state index is -0.736. The average molecular weight is 266 g/mol. The van der Waals surface area contributed by atoms with E-state index in [-0.39, 0.29) is 0 Å². The highest BCUT2D eigenvalue weighted by Crippen LogP contribution is 2.28. The number of rotatable bonds is 5. The van der Waals surface area contributed by atoms with Crippen LogP contribution in [0.5, 0.6) is 11.5 Å². The van der Waals surface area contributed by atoms with Crippen molar-refractivity contribution in [3.05, 3.63) is 18.2 Å². The molecule has 0 spiro atoms. The van der Waals surface area contributed by atoms with Gasteiger partial charge in [0, 0.05) is 12.6 Å². The van der Waals surface area contributed by atoms with Gasteiger partial charge in [0.05, 0.1) is 19.9 Å². The van der Waals surface area contributed by atoms with Gasteiger partial charge >= 0.3 is 11.8 Å². The quantitative estimate of drug-likeness (QED) is 0.784. The number of anilines is 1. The highest BCUT2D eigenvalue weighted by molar-refractivity contribution is 6.39. The number of carbonyl (C=O) groups excluding carboxylic acids is 2. The van der Waals surface area contributed by atoms with Crippen molar-refractivity contribution in [2.75, 3.05) is 26.1 Å². The van der Waals surface area contributed by atoms with Gasteiger partial charge in [-0.25, -0.2) is 0 Å². The van der Waals surface area contributed by atoms with E-state index < -0.39 is 11.8 Å². The highest BCUT2D eigenvalue weighted by Gasteiger charge is 2.15. The molecule has 6 nitrogen and oxygen atoms in total. The van der Waals surface area contributed by atoms with Crippen LogP contribution in [-0.4, -0.2) is 32.6 Å². The maximum absolute atomic E-state index is 11.7. The van der Waals surface area contributed by atoms with Crippen LogP contribution in [0.2, 0.25) is 0 Å². The van der Waals surface area contributed by atoms with Crippen molar-refractivity contribution >= 4 is 17.5 Å². The topological polar surface area (TPSA) is 76.7 Å². The Labute approximate surface area is 112 Å². The zero-order valence-electron chi connectivity index (χ0n) is 11.3. The lowest BCUT2D eigenvalue weighted by Gasteiger charge is -2.11. The van der Waals surface area contributed by atoms with Gasteiger partial charge in [-0.05, 0) is 18.6 Å². The largest absolute Gasteiger partial charge is 0.497 e. The molecule has 6 heteroatoms. The normalized spacial score (nSPS) is 9.63. The SMILES string of the molecule is CCCNC(=O)C(=O)Nc1cc(OC)ccc1OC. The summed E-state index contributed by atoms with van der Waals surface area (Å²) in [5.41, 5.74) is 0.387. The van der Waals surface area contributed by atoms with Gasteiger partial charge in [-0.2, -0.15) is 0 Å². The second kappa shape index (κ2) is 7.25. The van der Waals surface area contributed by atoms with Gasteiger partial charge in [0.15, 0.2) is 0 Å². The standard InChI is InChI=1S/C13H18N2O4/c1-4-7-14-12(16)13(17)15-10-8-9(18-2)5-6-11(10)19-3/h5-6,8H,4,7H2,1-3H3,(H,14,16)(H,15,17). The molecule has 0 saturated carbocycles. The molecule has 0 fully saturated rings. The summed E-state index contributed by atoms with van der Waals surface area (Å²) >= 11 is 0. The van der Waals surface area contributed by atoms with Gasteiger partial charge < -0.3 is 20.1 Å². The van der Waals surface area contributed by atoms with Crippen molar-refractivity contribution in [2.45, 2.75) is 13.3 Å². The molecule has 0 saturated heterocycles. The number of benzene rings is 1. The van der Waals surface area contributed by atoms with Gasteiger partial charge in [0.2, 0.25) is 0 Å². The summed E-state index contributed by atoms with van der Waals surface area (Å²) in [5, 5.41) is 4.98. The average Bonchev–Trinajstić information content (AvgIpc) is 2.44. The summed E-state index contributed by atoms with van der Waals surface area (Å²) in [4.78, 5) is 23.1. The molecule has 0 aromatic heterocycles. The first kappa shape index (κ1) is 14.8. The lowest BCUT2D eigenvalue weighted by Crippen LogP contribution is -2.35. The Hall–Kier alpha value is -2.24. The Kier molecular flexibility index (Phi) is 5.66. The number of hydrogen-bond acceptors (Lipinski definition) is 4. The molecule has 1 rings (SSSR count). The van der Waals surface area contributed by atoms with E-state index in [4.69, 9.17) is 9.47 Å². The van der Waals surface area contributed by atoms with E-state index in [9.17, 15) is 9.59 Å². The lowest BCUT2D eigenvalue weighted by atomic mass is 10.2. The predicted octanol–water partition coefficient (Wildman–Crippen LogP) is 1.17. The number of carbonyl (C=O) groups is 2. The van der Waals surface area contributed by atoms with E-state index in [0.29, 0.717) is 23.7 Å². The third-order valence-corrected chi connectivity index (χ3v) is 2.40. The molecule has 0 atom stereocenters. The molecule has 1 aromatic carbocycles. The Morgan fingerprint density at radius 3 is 2.47 bits per heavy atom. The lowest BCUT2D eigenvalue weighted by molar-refractivity contribution is -0.136. The molecule has 1 aromatic rings.